The van der Waals surface area contributed by atoms with Gasteiger partial charge >= 0.3 is 131 Å². The first-order chi connectivity index (χ1) is 26.7. The van der Waals surface area contributed by atoms with E-state index < -0.39 is 26.0 Å². The van der Waals surface area contributed by atoms with Gasteiger partial charge in [0.25, 0.3) is 0 Å². The van der Waals surface area contributed by atoms with Crippen LogP contribution in [0, 0.1) is 19.0 Å². The molecule has 3 heterocycles. The van der Waals surface area contributed by atoms with Gasteiger partial charge in [-0.1, -0.05) is 77.7 Å². The largest absolute Gasteiger partial charge is 0.501 e. The normalized spacial score (nSPS) is 13.2. The summed E-state index contributed by atoms with van der Waals surface area (Å²) in [6.45, 7) is 1.66. The van der Waals surface area contributed by atoms with Gasteiger partial charge in [0, 0.05) is 36.6 Å². The van der Waals surface area contributed by atoms with Crippen LogP contribution in [0.4, 0.5) is 0 Å². The van der Waals surface area contributed by atoms with E-state index in [1.165, 1.54) is 21.2 Å². The van der Waals surface area contributed by atoms with Crippen molar-refractivity contribution in [2.24, 2.45) is 0 Å². The summed E-state index contributed by atoms with van der Waals surface area (Å²) in [6.07, 6.45) is 1.91. The van der Waals surface area contributed by atoms with Crippen LogP contribution in [-0.4, -0.2) is 27.8 Å². The van der Waals surface area contributed by atoms with Crippen molar-refractivity contribution in [3.8, 4) is 28.3 Å². The number of aryl methyl sites for hydroxylation is 1. The van der Waals surface area contributed by atoms with Crippen LogP contribution in [0.1, 0.15) is 36.4 Å². The second-order valence-electron chi connectivity index (χ2n) is 14.3. The number of pyridine rings is 1. The van der Waals surface area contributed by atoms with Crippen molar-refractivity contribution >= 4 is 61.4 Å². The maximum Gasteiger partial charge on any atom is 0.120 e. The molecule has 0 saturated carbocycles. The summed E-state index contributed by atoms with van der Waals surface area (Å²) in [5.41, 5.74) is 8.40. The summed E-state index contributed by atoms with van der Waals surface area (Å²) in [7, 11) is 0. The molecule has 1 radical (unpaired) electrons. The van der Waals surface area contributed by atoms with E-state index in [2.05, 4.69) is 112 Å². The van der Waals surface area contributed by atoms with Crippen molar-refractivity contribution in [2.75, 3.05) is 0 Å². The van der Waals surface area contributed by atoms with Gasteiger partial charge < -0.3 is 8.98 Å². The average Bonchev–Trinajstić information content (AvgIpc) is 3.76. The van der Waals surface area contributed by atoms with Crippen LogP contribution in [0.25, 0.3) is 72.1 Å². The molecule has 0 bridgehead atoms. The smallest absolute Gasteiger partial charge is 0.120 e. The minimum Gasteiger partial charge on any atom is -0.501 e. The molecule has 0 fully saturated rings. The Morgan fingerprint density at radius 3 is 2.34 bits per heavy atom. The zero-order valence-corrected chi connectivity index (χ0v) is 34.8. The summed E-state index contributed by atoms with van der Waals surface area (Å²) in [5, 5.41) is 4.55. The molecule has 265 valence electrons. The number of furan rings is 1. The molecule has 53 heavy (non-hydrogen) atoms. The predicted molar refractivity (Wildman–Crippen MR) is 220 cm³/mol. The summed E-state index contributed by atoms with van der Waals surface area (Å²) in [4.78, 5) is 9.63. The third kappa shape index (κ3) is 7.02. The third-order valence-corrected chi connectivity index (χ3v) is 13.7. The molecule has 0 aliphatic heterocycles. The number of hydrogen-bond acceptors (Lipinski definition) is 3. The van der Waals surface area contributed by atoms with E-state index in [9.17, 15) is 0 Å². The zero-order chi connectivity index (χ0) is 39.4. The minimum atomic E-state index is -2.14. The van der Waals surface area contributed by atoms with Gasteiger partial charge in [-0.2, -0.15) is 0 Å². The second kappa shape index (κ2) is 14.9. The van der Waals surface area contributed by atoms with Crippen LogP contribution < -0.4 is 4.40 Å². The quantitative estimate of drug-likeness (QED) is 0.128. The third-order valence-electron chi connectivity index (χ3n) is 9.47. The van der Waals surface area contributed by atoms with E-state index in [4.69, 9.17) is 14.9 Å². The van der Waals surface area contributed by atoms with Gasteiger partial charge in [0.15, 0.2) is 0 Å². The number of imidazole rings is 1. The fraction of sp³-hybridized carbons (Fsp3) is 0.149. The fourth-order valence-electron chi connectivity index (χ4n) is 6.90. The Balaban J connectivity index is 0.000000179. The molecule has 0 amide bonds. The Bertz CT molecular complexity index is 2880. The van der Waals surface area contributed by atoms with Crippen LogP contribution in [0.2, 0.25) is 17.3 Å². The molecule has 4 nitrogen and oxygen atoms in total. The number of fused-ring (bicyclic) bond motifs is 5. The summed E-state index contributed by atoms with van der Waals surface area (Å²) < 4.78 is 40.6. The van der Waals surface area contributed by atoms with Crippen molar-refractivity contribution in [2.45, 2.75) is 43.9 Å². The molecule has 0 aliphatic carbocycles. The van der Waals surface area contributed by atoms with E-state index in [0.717, 1.165) is 66.9 Å². The molecule has 9 aromatic rings. The Hall–Kier alpha value is -4.81. The molecule has 0 N–H and O–H groups in total. The maximum atomic E-state index is 8.49. The Labute approximate surface area is 333 Å². The van der Waals surface area contributed by atoms with Crippen LogP contribution in [0.5, 0.6) is 0 Å². The Morgan fingerprint density at radius 1 is 0.811 bits per heavy atom. The van der Waals surface area contributed by atoms with Crippen LogP contribution in [-0.2, 0) is 20.1 Å². The van der Waals surface area contributed by atoms with E-state index in [0.29, 0.717) is 0 Å². The van der Waals surface area contributed by atoms with Gasteiger partial charge in [0.05, 0.1) is 22.4 Å². The van der Waals surface area contributed by atoms with Crippen molar-refractivity contribution in [1.82, 2.24) is 14.5 Å². The molecule has 0 aliphatic rings. The molecule has 0 spiro atoms. The molecular weight excluding hydrogens is 887 g/mol. The number of rotatable bonds is 5. The van der Waals surface area contributed by atoms with Crippen LogP contribution in [0.3, 0.4) is 0 Å². The zero-order valence-electron chi connectivity index (χ0n) is 34.3. The average molecular weight is 933 g/mol. The minimum absolute atomic E-state index is 0. The molecule has 6 heteroatoms. The molecule has 6 aromatic carbocycles. The first kappa shape index (κ1) is 31.7. The van der Waals surface area contributed by atoms with Crippen molar-refractivity contribution in [3.63, 3.8) is 0 Å². The maximum absolute atomic E-state index is 8.49. The van der Waals surface area contributed by atoms with Gasteiger partial charge in [-0.25, -0.2) is 0 Å². The van der Waals surface area contributed by atoms with E-state index in [-0.39, 0.29) is 25.7 Å². The SMILES string of the molecule is [2H]C([2H])([2H])c1c[c-]c(-c2cc(C([2H])(C)C)[c]([Ge]([CH3])([CH3])[CH3])cn2)cc1.[Ir].[c-]1ccc2c(oc3ccccc32)c1-c1nc2ccccc2n1-c1cccc2ccccc12. The van der Waals surface area contributed by atoms with Gasteiger partial charge in [-0.15, -0.1) is 18.2 Å². The predicted octanol–water partition coefficient (Wildman–Crippen LogP) is 12.1. The second-order valence-corrected chi connectivity index (χ2v) is 24.9. The van der Waals surface area contributed by atoms with Crippen molar-refractivity contribution in [3.05, 3.63) is 157 Å². The molecule has 0 saturated heterocycles. The van der Waals surface area contributed by atoms with E-state index >= 15 is 0 Å². The number of nitrogens with zero attached hydrogens (tertiary/aromatic N) is 3. The standard InChI is InChI=1S/C29H17N2O.C18H24GeN.Ir/c1-2-11-20-19(9-1)10-7-17-25(20)31-26-16-5-4-15-24(26)30-29(31)23-14-8-13-22-21-12-3-6-18-27(21)32-28(22)23;1-13(2)16-11-18(15-9-7-14(3)8-10-15)20-12-17(16)19(4,5)6;/h1-13,15-18H;7-9,11-13H,1-6H3;/q2*-1;/i;3D3,13D;. The number of aromatic nitrogens is 3. The number of hydrogen-bond donors (Lipinski definition) is 0. The molecule has 0 unspecified atom stereocenters. The first-order valence-electron chi connectivity index (χ1n) is 19.5. The van der Waals surface area contributed by atoms with Crippen LogP contribution >= 0.6 is 0 Å². The van der Waals surface area contributed by atoms with Gasteiger partial charge in [0.2, 0.25) is 0 Å². The Morgan fingerprint density at radius 2 is 1.57 bits per heavy atom. The van der Waals surface area contributed by atoms with E-state index in [1.54, 1.807) is 12.1 Å². The molecule has 9 rings (SSSR count). The number of para-hydroxylation sites is 3. The summed E-state index contributed by atoms with van der Waals surface area (Å²) in [5.74, 6) is 7.01. The van der Waals surface area contributed by atoms with Gasteiger partial charge in [-0.05, 0) is 29.7 Å². The summed E-state index contributed by atoms with van der Waals surface area (Å²) in [6, 6.07) is 48.5. The van der Waals surface area contributed by atoms with Crippen molar-refractivity contribution < 1.29 is 30.0 Å². The molecule has 3 aromatic heterocycles. The fourth-order valence-corrected chi connectivity index (χ4v) is 10.2. The van der Waals surface area contributed by atoms with Gasteiger partial charge in [0.1, 0.15) is 5.58 Å². The van der Waals surface area contributed by atoms with Crippen molar-refractivity contribution in [1.29, 1.82) is 0 Å². The van der Waals surface area contributed by atoms with E-state index in [1.807, 2.05) is 56.4 Å². The Kier molecular flexibility index (Phi) is 8.91. The summed E-state index contributed by atoms with van der Waals surface area (Å²) >= 11 is -2.14. The monoisotopic (exact) mass is 934 g/mol. The number of benzene rings is 6. The van der Waals surface area contributed by atoms with Crippen LogP contribution in [0.15, 0.2) is 138 Å². The first-order valence-corrected chi connectivity index (χ1v) is 24.8. The molecule has 0 atom stereocenters. The topological polar surface area (TPSA) is 43.9 Å². The van der Waals surface area contributed by atoms with Gasteiger partial charge in [-0.3, -0.25) is 4.98 Å². The molecular formula is C47H41GeIrN3O-2.